The Balaban J connectivity index is 1.34. The van der Waals surface area contributed by atoms with E-state index in [0.717, 1.165) is 66.4 Å². The first kappa shape index (κ1) is 24.6. The van der Waals surface area contributed by atoms with Crippen molar-refractivity contribution in [3.05, 3.63) is 134 Å². The van der Waals surface area contributed by atoms with Gasteiger partial charge in [-0.3, -0.25) is 19.9 Å². The number of rotatable bonds is 6. The molecule has 0 atom stereocenters. The molecule has 194 valence electrons. The third kappa shape index (κ3) is 5.26. The summed E-state index contributed by atoms with van der Waals surface area (Å²) in [6, 6.07) is 36.1. The molecule has 0 aliphatic carbocycles. The highest BCUT2D eigenvalue weighted by Crippen LogP contribution is 2.38. The fourth-order valence-electron chi connectivity index (χ4n) is 4.58. The number of hydrogen-bond donors (Lipinski definition) is 0. The molecule has 0 N–H and O–H groups in total. The second-order valence-electron chi connectivity index (χ2n) is 9.28. The lowest BCUT2D eigenvalue weighted by Gasteiger charge is -2.09. The summed E-state index contributed by atoms with van der Waals surface area (Å²) in [7, 11) is 0. The van der Waals surface area contributed by atoms with Gasteiger partial charge in [0.25, 0.3) is 0 Å². The minimum atomic E-state index is 0.803. The zero-order valence-corrected chi connectivity index (χ0v) is 22.6. The summed E-state index contributed by atoms with van der Waals surface area (Å²) in [6.07, 6.45) is 7.15. The maximum atomic E-state index is 4.91. The highest BCUT2D eigenvalue weighted by molar-refractivity contribution is 7.18. The first-order valence-electron chi connectivity index (χ1n) is 13.1. The minimum absolute atomic E-state index is 0.803. The van der Waals surface area contributed by atoms with Crippen LogP contribution in [0.2, 0.25) is 0 Å². The van der Waals surface area contributed by atoms with Crippen LogP contribution >= 0.6 is 11.3 Å². The fourth-order valence-corrected chi connectivity index (χ4v) is 5.56. The monoisotopic (exact) mass is 546 g/mol. The third-order valence-corrected chi connectivity index (χ3v) is 7.72. The minimum Gasteiger partial charge on any atom is -0.255 e. The van der Waals surface area contributed by atoms with Crippen LogP contribution in [-0.4, -0.2) is 29.9 Å². The highest BCUT2D eigenvalue weighted by Gasteiger charge is 2.15. The first-order chi connectivity index (χ1) is 20.3. The largest absolute Gasteiger partial charge is 0.255 e. The average Bonchev–Trinajstić information content (AvgIpc) is 3.57. The molecule has 7 heteroatoms. The van der Waals surface area contributed by atoms with Crippen molar-refractivity contribution in [1.82, 2.24) is 29.9 Å². The molecule has 7 aromatic heterocycles. The molecule has 0 radical (unpaired) electrons. The van der Waals surface area contributed by atoms with Gasteiger partial charge in [0.15, 0.2) is 0 Å². The quantitative estimate of drug-likeness (QED) is 0.210. The lowest BCUT2D eigenvalue weighted by atomic mass is 10.1. The van der Waals surface area contributed by atoms with E-state index in [1.165, 1.54) is 0 Å². The van der Waals surface area contributed by atoms with Gasteiger partial charge in [0.1, 0.15) is 0 Å². The number of pyridine rings is 6. The molecule has 0 aliphatic heterocycles. The van der Waals surface area contributed by atoms with Crippen molar-refractivity contribution in [2.45, 2.75) is 0 Å². The Morgan fingerprint density at radius 2 is 0.659 bits per heavy atom. The van der Waals surface area contributed by atoms with Gasteiger partial charge in [0.2, 0.25) is 0 Å². The Kier molecular flexibility index (Phi) is 6.61. The van der Waals surface area contributed by atoms with E-state index in [1.807, 2.05) is 72.8 Å². The van der Waals surface area contributed by atoms with E-state index in [2.05, 4.69) is 56.3 Å². The predicted molar refractivity (Wildman–Crippen MR) is 164 cm³/mol. The molecule has 0 aliphatic rings. The Labute approximate surface area is 241 Å². The molecule has 7 rings (SSSR count). The molecule has 0 amide bonds. The zero-order chi connectivity index (χ0) is 27.4. The molecule has 0 saturated carbocycles. The van der Waals surface area contributed by atoms with E-state index >= 15 is 0 Å². The summed E-state index contributed by atoms with van der Waals surface area (Å²) < 4.78 is 0. The lowest BCUT2D eigenvalue weighted by molar-refractivity contribution is 1.22. The van der Waals surface area contributed by atoms with Gasteiger partial charge in [0.05, 0.1) is 45.6 Å². The Morgan fingerprint density at radius 1 is 0.341 bits per heavy atom. The van der Waals surface area contributed by atoms with Gasteiger partial charge in [0, 0.05) is 34.5 Å². The van der Waals surface area contributed by atoms with E-state index in [-0.39, 0.29) is 0 Å². The van der Waals surface area contributed by atoms with Gasteiger partial charge in [-0.25, -0.2) is 9.97 Å². The molecular formula is C34H22N6S. The van der Waals surface area contributed by atoms with Crippen LogP contribution in [0.25, 0.3) is 66.4 Å². The molecule has 0 bridgehead atoms. The molecule has 0 unspecified atom stereocenters. The molecule has 0 spiro atoms. The number of aromatic nitrogens is 6. The molecule has 7 aromatic rings. The van der Waals surface area contributed by atoms with E-state index in [4.69, 9.17) is 9.97 Å². The van der Waals surface area contributed by atoms with Crippen LogP contribution in [-0.2, 0) is 0 Å². The Bertz CT molecular complexity index is 1670. The summed E-state index contributed by atoms with van der Waals surface area (Å²) in [5, 5.41) is 0. The Hall–Kier alpha value is -5.40. The van der Waals surface area contributed by atoms with E-state index in [0.29, 0.717) is 0 Å². The van der Waals surface area contributed by atoms with Crippen molar-refractivity contribution in [1.29, 1.82) is 0 Å². The molecule has 0 aromatic carbocycles. The number of hydrogen-bond acceptors (Lipinski definition) is 7. The van der Waals surface area contributed by atoms with Crippen LogP contribution in [0.1, 0.15) is 0 Å². The van der Waals surface area contributed by atoms with Gasteiger partial charge >= 0.3 is 0 Å². The molecule has 6 nitrogen and oxygen atoms in total. The zero-order valence-electron chi connectivity index (χ0n) is 21.8. The summed E-state index contributed by atoms with van der Waals surface area (Å²) in [5.74, 6) is 0. The molecule has 0 fully saturated rings. The van der Waals surface area contributed by atoms with Crippen LogP contribution in [0.4, 0.5) is 0 Å². The van der Waals surface area contributed by atoms with Gasteiger partial charge in [-0.2, -0.15) is 0 Å². The van der Waals surface area contributed by atoms with Crippen LogP contribution < -0.4 is 0 Å². The third-order valence-electron chi connectivity index (χ3n) is 6.54. The Morgan fingerprint density at radius 3 is 0.927 bits per heavy atom. The van der Waals surface area contributed by atoms with Crippen molar-refractivity contribution in [2.24, 2.45) is 0 Å². The molecule has 0 saturated heterocycles. The lowest BCUT2D eigenvalue weighted by Crippen LogP contribution is -1.93. The second-order valence-corrected chi connectivity index (χ2v) is 10.4. The van der Waals surface area contributed by atoms with Crippen LogP contribution in [0.15, 0.2) is 134 Å². The predicted octanol–water partition coefficient (Wildman–Crippen LogP) is 8.12. The average molecular weight is 547 g/mol. The summed E-state index contributed by atoms with van der Waals surface area (Å²) in [6.45, 7) is 0. The summed E-state index contributed by atoms with van der Waals surface area (Å²) in [4.78, 5) is 30.3. The van der Waals surface area contributed by atoms with Crippen molar-refractivity contribution in [3.63, 3.8) is 0 Å². The van der Waals surface area contributed by atoms with Gasteiger partial charge < -0.3 is 0 Å². The van der Waals surface area contributed by atoms with Crippen LogP contribution in [0.3, 0.4) is 0 Å². The molecule has 41 heavy (non-hydrogen) atoms. The smallest absolute Gasteiger partial charge is 0.0900 e. The fraction of sp³-hybridized carbons (Fsp3) is 0. The van der Waals surface area contributed by atoms with Gasteiger partial charge in [-0.15, -0.1) is 11.3 Å². The van der Waals surface area contributed by atoms with Crippen molar-refractivity contribution in [2.75, 3.05) is 0 Å². The van der Waals surface area contributed by atoms with E-state index < -0.39 is 0 Å². The van der Waals surface area contributed by atoms with E-state index in [1.54, 1.807) is 36.1 Å². The van der Waals surface area contributed by atoms with E-state index in [9.17, 15) is 0 Å². The second kappa shape index (κ2) is 11.0. The van der Waals surface area contributed by atoms with Gasteiger partial charge in [-0.05, 0) is 96.1 Å². The van der Waals surface area contributed by atoms with Gasteiger partial charge in [-0.1, -0.05) is 24.3 Å². The van der Waals surface area contributed by atoms with Crippen molar-refractivity contribution in [3.8, 4) is 66.4 Å². The highest BCUT2D eigenvalue weighted by atomic mass is 32.1. The number of nitrogens with zero attached hydrogens (tertiary/aromatic N) is 6. The molecular weight excluding hydrogens is 524 g/mol. The van der Waals surface area contributed by atoms with Crippen LogP contribution in [0.5, 0.6) is 0 Å². The van der Waals surface area contributed by atoms with Crippen molar-refractivity contribution < 1.29 is 0 Å². The summed E-state index contributed by atoms with van der Waals surface area (Å²) >= 11 is 1.72. The number of thiophene rings is 1. The maximum absolute atomic E-state index is 4.91. The summed E-state index contributed by atoms with van der Waals surface area (Å²) in [5.41, 5.74) is 8.60. The topological polar surface area (TPSA) is 77.3 Å². The van der Waals surface area contributed by atoms with Crippen LogP contribution in [0, 0.1) is 0 Å². The standard InChI is InChI=1S/C34H22N6S/c1-5-15-35-25(9-1)29-19-23(20-30(39-29)26-10-2-6-16-36-26)33-13-14-34(41-33)24-21-31(27-11-3-7-17-37-27)40-32(22-24)28-12-4-8-18-38-28/h1-22H. The normalized spacial score (nSPS) is 10.9. The van der Waals surface area contributed by atoms with Crippen molar-refractivity contribution >= 4 is 11.3 Å². The first-order valence-corrected chi connectivity index (χ1v) is 13.9. The molecule has 7 heterocycles. The SMILES string of the molecule is c1ccc(-c2cc(-c3ccc(-c4cc(-c5ccccn5)nc(-c5ccccn5)c4)s3)cc(-c3ccccn3)n2)nc1. The maximum Gasteiger partial charge on any atom is 0.0900 e.